The lowest BCUT2D eigenvalue weighted by Crippen LogP contribution is -2.25. The van der Waals surface area contributed by atoms with Gasteiger partial charge in [0.25, 0.3) is 11.6 Å². The number of carbonyl (C=O) groups is 2. The molecule has 182 valence electrons. The van der Waals surface area contributed by atoms with E-state index >= 15 is 0 Å². The molecule has 0 atom stereocenters. The van der Waals surface area contributed by atoms with Crippen molar-refractivity contribution in [2.24, 2.45) is 0 Å². The second-order valence-electron chi connectivity index (χ2n) is 8.18. The fourth-order valence-corrected chi connectivity index (χ4v) is 4.04. The van der Waals surface area contributed by atoms with Gasteiger partial charge < -0.3 is 9.15 Å². The summed E-state index contributed by atoms with van der Waals surface area (Å²) in [5, 5.41) is 10.9. The molecule has 2 heterocycles. The molecule has 5 rings (SSSR count). The second kappa shape index (κ2) is 9.79. The van der Waals surface area contributed by atoms with Gasteiger partial charge in [-0.3, -0.25) is 19.8 Å². The highest BCUT2D eigenvalue weighted by Crippen LogP contribution is 2.36. The van der Waals surface area contributed by atoms with Crippen molar-refractivity contribution in [2.45, 2.75) is 0 Å². The highest BCUT2D eigenvalue weighted by Gasteiger charge is 2.30. The van der Waals surface area contributed by atoms with Gasteiger partial charge in [-0.1, -0.05) is 30.3 Å². The zero-order chi connectivity index (χ0) is 25.9. The van der Waals surface area contributed by atoms with Gasteiger partial charge in [-0.05, 0) is 66.2 Å². The SMILES string of the molecule is COC(=O)c1ccc(N2C(=O)/C(=C/c3ccc(-c4ccc([N+](=O)[O-])cc4)o3)C=C2c2ccccc2)cc1. The van der Waals surface area contributed by atoms with E-state index in [0.717, 1.165) is 5.56 Å². The molecule has 1 aliphatic heterocycles. The maximum Gasteiger partial charge on any atom is 0.337 e. The van der Waals surface area contributed by atoms with E-state index in [4.69, 9.17) is 9.15 Å². The molecule has 8 heteroatoms. The average Bonchev–Trinajstić information content (AvgIpc) is 3.53. The van der Waals surface area contributed by atoms with Gasteiger partial charge in [-0.15, -0.1) is 0 Å². The Morgan fingerprint density at radius 3 is 2.27 bits per heavy atom. The standard InChI is InChI=1S/C29H20N2O6/c1-36-29(33)21-9-11-23(12-10-21)30-26(19-5-3-2-4-6-19)18-22(28(30)32)17-25-15-16-27(37-25)20-7-13-24(14-8-20)31(34)35/h2-18H,1H3/b22-17+. The molecule has 8 nitrogen and oxygen atoms in total. The third-order valence-corrected chi connectivity index (χ3v) is 5.89. The van der Waals surface area contributed by atoms with Crippen LogP contribution in [0.5, 0.6) is 0 Å². The van der Waals surface area contributed by atoms with Crippen molar-refractivity contribution in [1.29, 1.82) is 0 Å². The number of nitrogens with zero attached hydrogens (tertiary/aromatic N) is 2. The van der Waals surface area contributed by atoms with Crippen LogP contribution in [0.15, 0.2) is 107 Å². The molecule has 0 bridgehead atoms. The number of esters is 1. The average molecular weight is 492 g/mol. The van der Waals surface area contributed by atoms with Crippen LogP contribution in [0.4, 0.5) is 11.4 Å². The van der Waals surface area contributed by atoms with Crippen LogP contribution in [0.1, 0.15) is 21.7 Å². The lowest BCUT2D eigenvalue weighted by atomic mass is 10.1. The number of carbonyl (C=O) groups excluding carboxylic acids is 2. The summed E-state index contributed by atoms with van der Waals surface area (Å²) in [6.07, 6.45) is 3.45. The van der Waals surface area contributed by atoms with Crippen LogP contribution in [0.25, 0.3) is 23.1 Å². The predicted octanol–water partition coefficient (Wildman–Crippen LogP) is 6.11. The van der Waals surface area contributed by atoms with E-state index in [2.05, 4.69) is 0 Å². The molecule has 0 unspecified atom stereocenters. The number of non-ortho nitro benzene ring substituents is 1. The first-order valence-electron chi connectivity index (χ1n) is 11.3. The number of anilines is 1. The van der Waals surface area contributed by atoms with Crippen LogP contribution in [0.3, 0.4) is 0 Å². The fourth-order valence-electron chi connectivity index (χ4n) is 4.04. The molecule has 0 radical (unpaired) electrons. The Labute approximate surface area is 211 Å². The Kier molecular flexibility index (Phi) is 6.22. The monoisotopic (exact) mass is 492 g/mol. The first-order chi connectivity index (χ1) is 17.9. The van der Waals surface area contributed by atoms with Crippen LogP contribution >= 0.6 is 0 Å². The number of nitro groups is 1. The molecule has 3 aromatic carbocycles. The molecule has 0 N–H and O–H groups in total. The van der Waals surface area contributed by atoms with Crippen molar-refractivity contribution in [3.63, 3.8) is 0 Å². The van der Waals surface area contributed by atoms with Gasteiger partial charge in [0.05, 0.1) is 23.3 Å². The molecule has 0 fully saturated rings. The molecule has 0 saturated carbocycles. The molecule has 0 saturated heterocycles. The lowest BCUT2D eigenvalue weighted by Gasteiger charge is -2.21. The number of amides is 1. The maximum absolute atomic E-state index is 13.6. The van der Waals surface area contributed by atoms with Crippen molar-refractivity contribution >= 4 is 35.0 Å². The minimum atomic E-state index is -0.459. The Bertz CT molecular complexity index is 1550. The van der Waals surface area contributed by atoms with Crippen molar-refractivity contribution in [3.8, 4) is 11.3 Å². The first-order valence-corrected chi connectivity index (χ1v) is 11.3. The van der Waals surface area contributed by atoms with Crippen LogP contribution < -0.4 is 4.90 Å². The summed E-state index contributed by atoms with van der Waals surface area (Å²) in [6.45, 7) is 0. The van der Waals surface area contributed by atoms with Crippen molar-refractivity contribution in [3.05, 3.63) is 130 Å². The first kappa shape index (κ1) is 23.5. The summed E-state index contributed by atoms with van der Waals surface area (Å²) in [5.41, 5.74) is 3.61. The number of hydrogen-bond donors (Lipinski definition) is 0. The van der Waals surface area contributed by atoms with Crippen LogP contribution in [-0.2, 0) is 9.53 Å². The largest absolute Gasteiger partial charge is 0.465 e. The van der Waals surface area contributed by atoms with Gasteiger partial charge in [-0.25, -0.2) is 4.79 Å². The summed E-state index contributed by atoms with van der Waals surface area (Å²) in [4.78, 5) is 37.4. The molecular formula is C29H20N2O6. The Balaban J connectivity index is 1.49. The quantitative estimate of drug-likeness (QED) is 0.139. The lowest BCUT2D eigenvalue weighted by molar-refractivity contribution is -0.384. The topological polar surface area (TPSA) is 103 Å². The number of ether oxygens (including phenoxy) is 1. The van der Waals surface area contributed by atoms with Gasteiger partial charge in [0, 0.05) is 29.0 Å². The third-order valence-electron chi connectivity index (χ3n) is 5.89. The summed E-state index contributed by atoms with van der Waals surface area (Å²) in [7, 11) is 1.31. The summed E-state index contributed by atoms with van der Waals surface area (Å²) < 4.78 is 10.7. The number of furan rings is 1. The van der Waals surface area contributed by atoms with E-state index in [-0.39, 0.29) is 11.6 Å². The summed E-state index contributed by atoms with van der Waals surface area (Å²) >= 11 is 0. The van der Waals surface area contributed by atoms with E-state index in [1.807, 2.05) is 30.3 Å². The van der Waals surface area contributed by atoms with Crippen LogP contribution in [0.2, 0.25) is 0 Å². The van der Waals surface area contributed by atoms with Gasteiger partial charge in [0.2, 0.25) is 0 Å². The molecule has 37 heavy (non-hydrogen) atoms. The number of nitro benzene ring substituents is 1. The van der Waals surface area contributed by atoms with Gasteiger partial charge >= 0.3 is 5.97 Å². The predicted molar refractivity (Wildman–Crippen MR) is 138 cm³/mol. The highest BCUT2D eigenvalue weighted by atomic mass is 16.6. The zero-order valence-corrected chi connectivity index (χ0v) is 19.7. The molecule has 0 aliphatic carbocycles. The molecule has 0 spiro atoms. The second-order valence-corrected chi connectivity index (χ2v) is 8.18. The summed E-state index contributed by atoms with van der Waals surface area (Å²) in [6, 6.07) is 25.7. The van der Waals surface area contributed by atoms with E-state index in [1.165, 1.54) is 19.2 Å². The van der Waals surface area contributed by atoms with Gasteiger partial charge in [0.1, 0.15) is 11.5 Å². The Morgan fingerprint density at radius 1 is 0.919 bits per heavy atom. The van der Waals surface area contributed by atoms with E-state index < -0.39 is 10.9 Å². The maximum atomic E-state index is 13.6. The molecule has 1 amide bonds. The number of rotatable bonds is 6. The smallest absolute Gasteiger partial charge is 0.337 e. The molecular weight excluding hydrogens is 472 g/mol. The van der Waals surface area contributed by atoms with Crippen molar-refractivity contribution < 1.29 is 23.7 Å². The summed E-state index contributed by atoms with van der Waals surface area (Å²) in [5.74, 6) is 0.274. The Hall–Kier alpha value is -5.24. The van der Waals surface area contributed by atoms with E-state index in [1.54, 1.807) is 65.6 Å². The van der Waals surface area contributed by atoms with Crippen molar-refractivity contribution in [1.82, 2.24) is 0 Å². The van der Waals surface area contributed by atoms with E-state index in [0.29, 0.717) is 39.6 Å². The molecule has 1 aromatic heterocycles. The normalized spacial score (nSPS) is 14.1. The van der Waals surface area contributed by atoms with Gasteiger partial charge in [-0.2, -0.15) is 0 Å². The van der Waals surface area contributed by atoms with Crippen LogP contribution in [-0.4, -0.2) is 23.9 Å². The highest BCUT2D eigenvalue weighted by molar-refractivity contribution is 6.23. The fraction of sp³-hybridized carbons (Fsp3) is 0.0345. The molecule has 4 aromatic rings. The van der Waals surface area contributed by atoms with E-state index in [9.17, 15) is 19.7 Å². The number of benzene rings is 3. The zero-order valence-electron chi connectivity index (χ0n) is 19.7. The number of hydrogen-bond acceptors (Lipinski definition) is 6. The minimum Gasteiger partial charge on any atom is -0.465 e. The van der Waals surface area contributed by atoms with Crippen LogP contribution in [0, 0.1) is 10.1 Å². The third kappa shape index (κ3) is 4.68. The number of methoxy groups -OCH3 is 1. The minimum absolute atomic E-state index is 0.00695. The Morgan fingerprint density at radius 2 is 1.62 bits per heavy atom. The van der Waals surface area contributed by atoms with Gasteiger partial charge in [0.15, 0.2) is 0 Å². The van der Waals surface area contributed by atoms with Crippen molar-refractivity contribution in [2.75, 3.05) is 12.0 Å². The molecule has 1 aliphatic rings.